The first-order valence-corrected chi connectivity index (χ1v) is 8.83. The molecule has 6 nitrogen and oxygen atoms in total. The Bertz CT molecular complexity index is 624. The molecule has 2 atom stereocenters. The molecule has 0 aromatic heterocycles. The van der Waals surface area contributed by atoms with Crippen LogP contribution in [0.5, 0.6) is 0 Å². The third kappa shape index (κ3) is 4.84. The maximum atomic E-state index is 12.8. The van der Waals surface area contributed by atoms with Crippen molar-refractivity contribution >= 4 is 6.09 Å². The monoisotopic (exact) mass is 362 g/mol. The van der Waals surface area contributed by atoms with Crippen LogP contribution in [-0.2, 0) is 16.0 Å². The fourth-order valence-corrected chi connectivity index (χ4v) is 3.10. The third-order valence-corrected chi connectivity index (χ3v) is 4.28. The molecule has 0 bridgehead atoms. The SMILES string of the molecule is C=C[C@@H]([C@H]1COC(C)(C)N1C(=O)OC(C)(C)C)N(O)Cc1ccccc1. The highest BCUT2D eigenvalue weighted by molar-refractivity contribution is 5.70. The van der Waals surface area contributed by atoms with Crippen LogP contribution in [0.4, 0.5) is 4.79 Å². The zero-order chi connectivity index (χ0) is 19.5. The second-order valence-electron chi connectivity index (χ2n) is 7.98. The van der Waals surface area contributed by atoms with E-state index in [4.69, 9.17) is 9.47 Å². The zero-order valence-corrected chi connectivity index (χ0v) is 16.3. The predicted molar refractivity (Wildman–Crippen MR) is 99.6 cm³/mol. The Kier molecular flexibility index (Phi) is 6.11. The molecule has 1 heterocycles. The highest BCUT2D eigenvalue weighted by Crippen LogP contribution is 2.32. The van der Waals surface area contributed by atoms with E-state index in [0.717, 1.165) is 5.56 Å². The number of carbonyl (C=O) groups excluding carboxylic acids is 1. The van der Waals surface area contributed by atoms with Gasteiger partial charge in [-0.15, -0.1) is 6.58 Å². The van der Waals surface area contributed by atoms with E-state index in [0.29, 0.717) is 6.54 Å². The summed E-state index contributed by atoms with van der Waals surface area (Å²) < 4.78 is 11.4. The lowest BCUT2D eigenvalue weighted by atomic mass is 10.1. The van der Waals surface area contributed by atoms with E-state index in [-0.39, 0.29) is 6.61 Å². The van der Waals surface area contributed by atoms with Crippen LogP contribution < -0.4 is 0 Å². The van der Waals surface area contributed by atoms with Crippen LogP contribution >= 0.6 is 0 Å². The van der Waals surface area contributed by atoms with E-state index in [2.05, 4.69) is 6.58 Å². The summed E-state index contributed by atoms with van der Waals surface area (Å²) in [6.45, 7) is 13.5. The highest BCUT2D eigenvalue weighted by Gasteiger charge is 2.49. The summed E-state index contributed by atoms with van der Waals surface area (Å²) in [6, 6.07) is 8.72. The van der Waals surface area contributed by atoms with E-state index >= 15 is 0 Å². The van der Waals surface area contributed by atoms with Crippen molar-refractivity contribution in [3.63, 3.8) is 0 Å². The lowest BCUT2D eigenvalue weighted by molar-refractivity contribution is -0.138. The fraction of sp³-hybridized carbons (Fsp3) is 0.550. The number of hydrogen-bond donors (Lipinski definition) is 1. The molecule has 1 aliphatic rings. The summed E-state index contributed by atoms with van der Waals surface area (Å²) in [5.41, 5.74) is -0.488. The lowest BCUT2D eigenvalue weighted by Gasteiger charge is -2.38. The van der Waals surface area contributed by atoms with E-state index < -0.39 is 29.5 Å². The molecule has 0 spiro atoms. The maximum Gasteiger partial charge on any atom is 0.412 e. The van der Waals surface area contributed by atoms with Crippen molar-refractivity contribution in [1.82, 2.24) is 9.96 Å². The van der Waals surface area contributed by atoms with Gasteiger partial charge >= 0.3 is 6.09 Å². The van der Waals surface area contributed by atoms with Gasteiger partial charge in [-0.2, -0.15) is 5.06 Å². The van der Waals surface area contributed by atoms with Crippen LogP contribution in [-0.4, -0.2) is 51.3 Å². The topological polar surface area (TPSA) is 62.2 Å². The van der Waals surface area contributed by atoms with Crippen molar-refractivity contribution in [3.8, 4) is 0 Å². The summed E-state index contributed by atoms with van der Waals surface area (Å²) in [6.07, 6.45) is 1.17. The summed E-state index contributed by atoms with van der Waals surface area (Å²) >= 11 is 0. The summed E-state index contributed by atoms with van der Waals surface area (Å²) in [5.74, 6) is 0. The van der Waals surface area contributed by atoms with E-state index in [9.17, 15) is 10.0 Å². The number of hydroxylamine groups is 2. The molecule has 26 heavy (non-hydrogen) atoms. The molecule has 1 amide bonds. The standard InChI is InChI=1S/C20H30N2O4/c1-7-16(21(24)13-15-11-9-8-10-12-15)17-14-25-20(5,6)22(17)18(23)26-19(2,3)4/h7-12,16-17,24H,1,13-14H2,2-6H3/t16-,17+/m0/s1. The molecule has 0 radical (unpaired) electrons. The molecule has 0 unspecified atom stereocenters. The minimum Gasteiger partial charge on any atom is -0.444 e. The number of rotatable bonds is 5. The number of amides is 1. The zero-order valence-electron chi connectivity index (χ0n) is 16.3. The molecule has 6 heteroatoms. The van der Waals surface area contributed by atoms with Gasteiger partial charge in [-0.1, -0.05) is 36.4 Å². The average molecular weight is 362 g/mol. The van der Waals surface area contributed by atoms with Crippen LogP contribution in [0.3, 0.4) is 0 Å². The Morgan fingerprint density at radius 3 is 2.62 bits per heavy atom. The maximum absolute atomic E-state index is 12.8. The molecule has 1 fully saturated rings. The van der Waals surface area contributed by atoms with Gasteiger partial charge < -0.3 is 14.7 Å². The Morgan fingerprint density at radius 2 is 2.08 bits per heavy atom. The van der Waals surface area contributed by atoms with Crippen molar-refractivity contribution in [2.45, 2.75) is 64.6 Å². The van der Waals surface area contributed by atoms with Gasteiger partial charge in [-0.05, 0) is 40.2 Å². The molecule has 2 rings (SSSR count). The molecule has 144 valence electrons. The molecule has 1 saturated heterocycles. The van der Waals surface area contributed by atoms with Crippen molar-refractivity contribution in [2.24, 2.45) is 0 Å². The summed E-state index contributed by atoms with van der Waals surface area (Å²) in [5, 5.41) is 11.8. The highest BCUT2D eigenvalue weighted by atomic mass is 16.6. The van der Waals surface area contributed by atoms with E-state index in [1.165, 1.54) is 5.06 Å². The van der Waals surface area contributed by atoms with Crippen molar-refractivity contribution in [2.75, 3.05) is 6.61 Å². The van der Waals surface area contributed by atoms with E-state index in [1.54, 1.807) is 11.0 Å². The van der Waals surface area contributed by atoms with Crippen LogP contribution in [0.1, 0.15) is 40.2 Å². The van der Waals surface area contributed by atoms with Crippen LogP contribution in [0.25, 0.3) is 0 Å². The molecule has 1 aromatic rings. The fourth-order valence-electron chi connectivity index (χ4n) is 3.10. The third-order valence-electron chi connectivity index (χ3n) is 4.28. The van der Waals surface area contributed by atoms with Crippen molar-refractivity contribution in [1.29, 1.82) is 0 Å². The molecule has 0 aliphatic carbocycles. The molecular formula is C20H30N2O4. The quantitative estimate of drug-likeness (QED) is 0.637. The first-order valence-electron chi connectivity index (χ1n) is 8.83. The Hall–Kier alpha value is -1.89. The Morgan fingerprint density at radius 1 is 1.46 bits per heavy atom. The van der Waals surface area contributed by atoms with Gasteiger partial charge in [0, 0.05) is 6.54 Å². The largest absolute Gasteiger partial charge is 0.444 e. The van der Waals surface area contributed by atoms with Gasteiger partial charge in [0.15, 0.2) is 0 Å². The van der Waals surface area contributed by atoms with Crippen molar-refractivity contribution in [3.05, 3.63) is 48.6 Å². The van der Waals surface area contributed by atoms with E-state index in [1.807, 2.05) is 65.0 Å². The molecule has 0 saturated carbocycles. The number of nitrogens with zero attached hydrogens (tertiary/aromatic N) is 2. The second-order valence-corrected chi connectivity index (χ2v) is 7.98. The van der Waals surface area contributed by atoms with Gasteiger partial charge in [-0.25, -0.2) is 4.79 Å². The number of benzene rings is 1. The normalized spacial score (nSPS) is 20.9. The average Bonchev–Trinajstić information content (AvgIpc) is 2.82. The van der Waals surface area contributed by atoms with Gasteiger partial charge in [0.1, 0.15) is 11.3 Å². The number of carbonyl (C=O) groups is 1. The second kappa shape index (κ2) is 7.78. The Labute approximate surface area is 156 Å². The summed E-state index contributed by atoms with van der Waals surface area (Å²) in [7, 11) is 0. The molecule has 1 aromatic carbocycles. The van der Waals surface area contributed by atoms with Gasteiger partial charge in [0.05, 0.1) is 18.7 Å². The first-order chi connectivity index (χ1) is 12.0. The van der Waals surface area contributed by atoms with Crippen LogP contribution in [0.2, 0.25) is 0 Å². The van der Waals surface area contributed by atoms with Gasteiger partial charge in [0.2, 0.25) is 0 Å². The van der Waals surface area contributed by atoms with Crippen molar-refractivity contribution < 1.29 is 19.5 Å². The van der Waals surface area contributed by atoms with Gasteiger partial charge in [0.25, 0.3) is 0 Å². The van der Waals surface area contributed by atoms with Crippen LogP contribution in [0, 0.1) is 0 Å². The number of ether oxygens (including phenoxy) is 2. The predicted octanol–water partition coefficient (Wildman–Crippen LogP) is 3.80. The molecular weight excluding hydrogens is 332 g/mol. The molecule has 1 aliphatic heterocycles. The number of hydrogen-bond acceptors (Lipinski definition) is 5. The lowest BCUT2D eigenvalue weighted by Crippen LogP contribution is -2.56. The smallest absolute Gasteiger partial charge is 0.412 e. The molecule has 1 N–H and O–H groups in total. The minimum absolute atomic E-state index is 0.286. The first kappa shape index (κ1) is 20.4. The minimum atomic E-state index is -0.832. The Balaban J connectivity index is 2.21. The van der Waals surface area contributed by atoms with Gasteiger partial charge in [-0.3, -0.25) is 4.90 Å². The van der Waals surface area contributed by atoms with Crippen LogP contribution in [0.15, 0.2) is 43.0 Å². The summed E-state index contributed by atoms with van der Waals surface area (Å²) in [4.78, 5) is 14.3.